The molecule has 0 spiro atoms. The van der Waals surface area contributed by atoms with Gasteiger partial charge < -0.3 is 9.84 Å². The van der Waals surface area contributed by atoms with E-state index in [2.05, 4.69) is 45.2 Å². The first kappa shape index (κ1) is 14.7. The van der Waals surface area contributed by atoms with E-state index in [1.54, 1.807) is 12.1 Å². The molecule has 1 fully saturated rings. The Morgan fingerprint density at radius 3 is 2.95 bits per heavy atom. The molecule has 1 atom stereocenters. The highest BCUT2D eigenvalue weighted by molar-refractivity contribution is 9.10. The van der Waals surface area contributed by atoms with Gasteiger partial charge in [0.25, 0.3) is 0 Å². The summed E-state index contributed by atoms with van der Waals surface area (Å²) in [5.41, 5.74) is 0.803. The van der Waals surface area contributed by atoms with Gasteiger partial charge in [-0.05, 0) is 58.9 Å². The van der Waals surface area contributed by atoms with Crippen LogP contribution in [0.4, 0.5) is 4.39 Å². The fraction of sp³-hybridized carbons (Fsp3) is 0.467. The molecule has 1 aromatic heterocycles. The number of hydrogen-bond acceptors (Lipinski definition) is 4. The normalized spacial score (nSPS) is 21.4. The first-order chi connectivity index (χ1) is 9.97. The Morgan fingerprint density at radius 2 is 2.24 bits per heavy atom. The highest BCUT2D eigenvalue weighted by Crippen LogP contribution is 2.39. The summed E-state index contributed by atoms with van der Waals surface area (Å²) < 4.78 is 19.1. The van der Waals surface area contributed by atoms with Crippen LogP contribution < -0.4 is 5.32 Å². The van der Waals surface area contributed by atoms with Crippen molar-refractivity contribution >= 4 is 15.9 Å². The van der Waals surface area contributed by atoms with Gasteiger partial charge in [0, 0.05) is 5.56 Å². The van der Waals surface area contributed by atoms with Gasteiger partial charge >= 0.3 is 0 Å². The summed E-state index contributed by atoms with van der Waals surface area (Å²) in [7, 11) is 0. The number of aromatic nitrogens is 2. The van der Waals surface area contributed by atoms with E-state index in [0.29, 0.717) is 16.2 Å². The zero-order valence-electron chi connectivity index (χ0n) is 12.0. The minimum absolute atomic E-state index is 0.0522. The zero-order chi connectivity index (χ0) is 15.0. The van der Waals surface area contributed by atoms with Crippen LogP contribution in [0.1, 0.15) is 38.6 Å². The smallest absolute Gasteiger partial charge is 0.244 e. The second-order valence-electron chi connectivity index (χ2n) is 6.06. The van der Waals surface area contributed by atoms with Gasteiger partial charge in [-0.15, -0.1) is 0 Å². The largest absolute Gasteiger partial charge is 0.337 e. The van der Waals surface area contributed by atoms with Gasteiger partial charge in [-0.3, -0.25) is 0 Å². The van der Waals surface area contributed by atoms with E-state index in [0.717, 1.165) is 24.9 Å². The van der Waals surface area contributed by atoms with Crippen LogP contribution in [0.25, 0.3) is 11.4 Å². The maximum absolute atomic E-state index is 13.3. The fourth-order valence-corrected chi connectivity index (χ4v) is 3.12. The first-order valence-electron chi connectivity index (χ1n) is 7.00. The van der Waals surface area contributed by atoms with Crippen molar-refractivity contribution in [1.82, 2.24) is 15.5 Å². The lowest BCUT2D eigenvalue weighted by Crippen LogP contribution is -2.39. The lowest BCUT2D eigenvalue weighted by Gasteiger charge is -2.36. The molecule has 0 bridgehead atoms. The van der Waals surface area contributed by atoms with E-state index >= 15 is 0 Å². The molecular weight excluding hydrogens is 337 g/mol. The number of piperidine rings is 1. The second-order valence-corrected chi connectivity index (χ2v) is 6.92. The Balaban J connectivity index is 1.90. The molecule has 0 saturated carbocycles. The number of benzene rings is 1. The van der Waals surface area contributed by atoms with Gasteiger partial charge in [0.15, 0.2) is 0 Å². The van der Waals surface area contributed by atoms with E-state index in [4.69, 9.17) is 4.52 Å². The van der Waals surface area contributed by atoms with Crippen molar-refractivity contribution in [2.24, 2.45) is 5.41 Å². The summed E-state index contributed by atoms with van der Waals surface area (Å²) >= 11 is 3.17. The molecule has 112 valence electrons. The number of nitrogens with one attached hydrogen (secondary N) is 1. The molecule has 6 heteroatoms. The molecule has 3 rings (SSSR count). The average Bonchev–Trinajstić information content (AvgIpc) is 2.91. The standard InChI is InChI=1S/C15H17BrFN3O/c1-15(2)6-3-7-18-12(15)14-19-13(20-21-14)9-4-5-11(17)10(16)8-9/h4-5,8,12,18H,3,6-7H2,1-2H3. The van der Waals surface area contributed by atoms with E-state index < -0.39 is 0 Å². The highest BCUT2D eigenvalue weighted by atomic mass is 79.9. The number of nitrogens with zero attached hydrogens (tertiary/aromatic N) is 2. The van der Waals surface area contributed by atoms with Crippen LogP contribution in [-0.2, 0) is 0 Å². The van der Waals surface area contributed by atoms with Crippen molar-refractivity contribution in [2.75, 3.05) is 6.54 Å². The van der Waals surface area contributed by atoms with E-state index in [1.165, 1.54) is 6.07 Å². The molecule has 1 N–H and O–H groups in total. The van der Waals surface area contributed by atoms with Crippen LogP contribution in [0, 0.1) is 11.2 Å². The van der Waals surface area contributed by atoms with Gasteiger partial charge in [-0.25, -0.2) is 4.39 Å². The third-order valence-corrected chi connectivity index (χ3v) is 4.60. The summed E-state index contributed by atoms with van der Waals surface area (Å²) in [6, 6.07) is 4.74. The van der Waals surface area contributed by atoms with E-state index in [1.807, 2.05) is 0 Å². The zero-order valence-corrected chi connectivity index (χ0v) is 13.6. The topological polar surface area (TPSA) is 51.0 Å². The lowest BCUT2D eigenvalue weighted by molar-refractivity contribution is 0.146. The van der Waals surface area contributed by atoms with Crippen LogP contribution in [0.5, 0.6) is 0 Å². The molecular formula is C15H17BrFN3O. The second kappa shape index (κ2) is 5.50. The summed E-state index contributed by atoms with van der Waals surface area (Å²) in [5.74, 6) is 0.765. The minimum atomic E-state index is -0.308. The molecule has 2 heterocycles. The van der Waals surface area contributed by atoms with Gasteiger partial charge in [0.2, 0.25) is 11.7 Å². The average molecular weight is 354 g/mol. The molecule has 2 aromatic rings. The van der Waals surface area contributed by atoms with Gasteiger partial charge in [0.1, 0.15) is 5.82 Å². The minimum Gasteiger partial charge on any atom is -0.337 e. The van der Waals surface area contributed by atoms with Crippen molar-refractivity contribution in [3.8, 4) is 11.4 Å². The Bertz CT molecular complexity index is 656. The molecule has 1 aliphatic rings. The number of halogens is 2. The van der Waals surface area contributed by atoms with Crippen LogP contribution in [0.2, 0.25) is 0 Å². The van der Waals surface area contributed by atoms with E-state index in [9.17, 15) is 4.39 Å². The molecule has 1 unspecified atom stereocenters. The molecule has 1 aromatic carbocycles. The van der Waals surface area contributed by atoms with E-state index in [-0.39, 0.29) is 17.3 Å². The SMILES string of the molecule is CC1(C)CCCNC1c1nc(-c2ccc(F)c(Br)c2)no1. The summed E-state index contributed by atoms with van der Waals surface area (Å²) in [6.45, 7) is 5.35. The van der Waals surface area contributed by atoms with Crippen LogP contribution in [0.3, 0.4) is 0 Å². The lowest BCUT2D eigenvalue weighted by atomic mass is 9.77. The molecule has 0 radical (unpaired) electrons. The molecule has 0 amide bonds. The third-order valence-electron chi connectivity index (χ3n) is 3.99. The van der Waals surface area contributed by atoms with Crippen LogP contribution in [-0.4, -0.2) is 16.7 Å². The Labute approximate surface area is 131 Å². The maximum atomic E-state index is 13.3. The Kier molecular flexibility index (Phi) is 3.84. The van der Waals surface area contributed by atoms with Crippen molar-refractivity contribution in [3.05, 3.63) is 34.4 Å². The summed E-state index contributed by atoms with van der Waals surface area (Å²) in [5, 5.41) is 7.47. The fourth-order valence-electron chi connectivity index (χ4n) is 2.74. The highest BCUT2D eigenvalue weighted by Gasteiger charge is 2.37. The molecule has 0 aliphatic carbocycles. The first-order valence-corrected chi connectivity index (χ1v) is 7.79. The molecule has 4 nitrogen and oxygen atoms in total. The predicted octanol–water partition coefficient (Wildman–Crippen LogP) is 4.09. The molecule has 21 heavy (non-hydrogen) atoms. The van der Waals surface area contributed by atoms with Crippen molar-refractivity contribution in [2.45, 2.75) is 32.7 Å². The van der Waals surface area contributed by atoms with Crippen molar-refractivity contribution < 1.29 is 8.91 Å². The quantitative estimate of drug-likeness (QED) is 0.883. The Morgan fingerprint density at radius 1 is 1.43 bits per heavy atom. The van der Waals surface area contributed by atoms with Gasteiger partial charge in [-0.2, -0.15) is 4.98 Å². The van der Waals surface area contributed by atoms with Gasteiger partial charge in [-0.1, -0.05) is 19.0 Å². The third kappa shape index (κ3) is 2.87. The Hall–Kier alpha value is -1.27. The van der Waals surface area contributed by atoms with Crippen LogP contribution >= 0.6 is 15.9 Å². The molecule has 1 aliphatic heterocycles. The summed E-state index contributed by atoms with van der Waals surface area (Å²) in [4.78, 5) is 4.49. The predicted molar refractivity (Wildman–Crippen MR) is 81.2 cm³/mol. The van der Waals surface area contributed by atoms with Gasteiger partial charge in [0.05, 0.1) is 10.5 Å². The maximum Gasteiger partial charge on any atom is 0.244 e. The number of hydrogen-bond donors (Lipinski definition) is 1. The number of rotatable bonds is 2. The summed E-state index contributed by atoms with van der Waals surface area (Å²) in [6.07, 6.45) is 2.26. The molecule has 1 saturated heterocycles. The van der Waals surface area contributed by atoms with Crippen molar-refractivity contribution in [3.63, 3.8) is 0 Å². The van der Waals surface area contributed by atoms with Crippen LogP contribution in [0.15, 0.2) is 27.2 Å². The van der Waals surface area contributed by atoms with Crippen molar-refractivity contribution in [1.29, 1.82) is 0 Å². The monoisotopic (exact) mass is 353 g/mol.